The third-order valence-electron chi connectivity index (χ3n) is 3.60. The highest BCUT2D eigenvalue weighted by Crippen LogP contribution is 2.48. The van der Waals surface area contributed by atoms with Crippen molar-refractivity contribution < 1.29 is 0 Å². The van der Waals surface area contributed by atoms with Crippen molar-refractivity contribution in [1.82, 2.24) is 9.78 Å². The Labute approximate surface area is 91.9 Å². The third kappa shape index (κ3) is 2.16. The van der Waals surface area contributed by atoms with Crippen LogP contribution in [-0.4, -0.2) is 15.8 Å². The van der Waals surface area contributed by atoms with Gasteiger partial charge >= 0.3 is 0 Å². The molecule has 1 atom stereocenters. The molecule has 3 nitrogen and oxygen atoms in total. The molecule has 1 saturated carbocycles. The highest BCUT2D eigenvalue weighted by atomic mass is 15.3. The average Bonchev–Trinajstić information content (AvgIpc) is 2.76. The average molecular weight is 207 g/mol. The number of hydrogen-bond acceptors (Lipinski definition) is 2. The minimum Gasteiger partial charge on any atom is -0.380 e. The normalized spacial score (nSPS) is 20.3. The van der Waals surface area contributed by atoms with Crippen molar-refractivity contribution >= 4 is 5.69 Å². The van der Waals surface area contributed by atoms with Crippen LogP contribution in [0.1, 0.15) is 46.6 Å². The van der Waals surface area contributed by atoms with Gasteiger partial charge < -0.3 is 5.32 Å². The number of nitrogens with zero attached hydrogens (tertiary/aromatic N) is 2. The summed E-state index contributed by atoms with van der Waals surface area (Å²) in [6.45, 7) is 8.89. The van der Waals surface area contributed by atoms with Gasteiger partial charge in [0.1, 0.15) is 0 Å². The topological polar surface area (TPSA) is 29.9 Å². The van der Waals surface area contributed by atoms with E-state index in [0.717, 1.165) is 5.69 Å². The van der Waals surface area contributed by atoms with Gasteiger partial charge in [-0.05, 0) is 39.0 Å². The first-order valence-corrected chi connectivity index (χ1v) is 5.82. The van der Waals surface area contributed by atoms with Gasteiger partial charge in [-0.25, -0.2) is 0 Å². The van der Waals surface area contributed by atoms with E-state index in [-0.39, 0.29) is 0 Å². The molecule has 1 aliphatic carbocycles. The monoisotopic (exact) mass is 207 g/mol. The van der Waals surface area contributed by atoms with E-state index in [1.165, 1.54) is 12.8 Å². The van der Waals surface area contributed by atoms with Crippen LogP contribution in [0.4, 0.5) is 5.69 Å². The van der Waals surface area contributed by atoms with Crippen LogP contribution in [0, 0.1) is 5.41 Å². The summed E-state index contributed by atoms with van der Waals surface area (Å²) in [5, 5.41) is 7.86. The second kappa shape index (κ2) is 3.54. The highest BCUT2D eigenvalue weighted by molar-refractivity contribution is 5.40. The molecule has 0 saturated heterocycles. The molecule has 1 aromatic rings. The van der Waals surface area contributed by atoms with E-state index in [9.17, 15) is 0 Å². The van der Waals surface area contributed by atoms with Gasteiger partial charge in [-0.15, -0.1) is 0 Å². The fraction of sp³-hybridized carbons (Fsp3) is 0.750. The second-order valence-electron chi connectivity index (χ2n) is 5.32. The molecule has 2 rings (SSSR count). The van der Waals surface area contributed by atoms with Gasteiger partial charge in [0.25, 0.3) is 0 Å². The quantitative estimate of drug-likeness (QED) is 0.822. The minimum atomic E-state index is 0.437. The van der Waals surface area contributed by atoms with E-state index >= 15 is 0 Å². The van der Waals surface area contributed by atoms with E-state index in [1.807, 2.05) is 10.9 Å². The van der Waals surface area contributed by atoms with Crippen LogP contribution < -0.4 is 5.32 Å². The lowest BCUT2D eigenvalue weighted by Gasteiger charge is -2.20. The van der Waals surface area contributed by atoms with Gasteiger partial charge in [-0.3, -0.25) is 4.68 Å². The van der Waals surface area contributed by atoms with E-state index in [1.54, 1.807) is 0 Å². The summed E-state index contributed by atoms with van der Waals surface area (Å²) in [6, 6.07) is 0.981. The van der Waals surface area contributed by atoms with Gasteiger partial charge in [0.2, 0.25) is 0 Å². The maximum absolute atomic E-state index is 4.33. The van der Waals surface area contributed by atoms with E-state index in [0.29, 0.717) is 17.5 Å². The van der Waals surface area contributed by atoms with E-state index in [4.69, 9.17) is 0 Å². The number of aromatic nitrogens is 2. The van der Waals surface area contributed by atoms with Crippen molar-refractivity contribution in [2.45, 2.75) is 52.6 Å². The molecule has 15 heavy (non-hydrogen) atoms. The molecule has 84 valence electrons. The zero-order valence-corrected chi connectivity index (χ0v) is 10.1. The van der Waals surface area contributed by atoms with Crippen molar-refractivity contribution in [3.8, 4) is 0 Å². The minimum absolute atomic E-state index is 0.437. The maximum Gasteiger partial charge on any atom is 0.0728 e. The fourth-order valence-corrected chi connectivity index (χ4v) is 1.75. The largest absolute Gasteiger partial charge is 0.380 e. The van der Waals surface area contributed by atoms with Gasteiger partial charge in [0.05, 0.1) is 11.9 Å². The van der Waals surface area contributed by atoms with Gasteiger partial charge in [0, 0.05) is 18.3 Å². The van der Waals surface area contributed by atoms with Crippen molar-refractivity contribution in [3.63, 3.8) is 0 Å². The van der Waals surface area contributed by atoms with E-state index < -0.39 is 0 Å². The molecule has 0 radical (unpaired) electrons. The maximum atomic E-state index is 4.33. The molecule has 0 spiro atoms. The van der Waals surface area contributed by atoms with Crippen LogP contribution in [-0.2, 0) is 0 Å². The van der Waals surface area contributed by atoms with Crippen molar-refractivity contribution in [1.29, 1.82) is 0 Å². The van der Waals surface area contributed by atoms with Crippen LogP contribution >= 0.6 is 0 Å². The molecule has 0 aliphatic heterocycles. The van der Waals surface area contributed by atoms with Crippen LogP contribution in [0.3, 0.4) is 0 Å². The molecule has 0 amide bonds. The first-order valence-electron chi connectivity index (χ1n) is 5.82. The molecule has 3 heteroatoms. The summed E-state index contributed by atoms with van der Waals surface area (Å²) in [6.07, 6.45) is 6.70. The molecule has 0 bridgehead atoms. The van der Waals surface area contributed by atoms with Crippen molar-refractivity contribution in [2.24, 2.45) is 5.41 Å². The van der Waals surface area contributed by atoms with Crippen molar-refractivity contribution in [2.75, 3.05) is 5.32 Å². The molecule has 1 aromatic heterocycles. The standard InChI is InChI=1S/C12H21N3/c1-9(2)15-8-11(7-13-15)14-10(3)12(4)5-6-12/h7-10,14H,5-6H2,1-4H3. The molecule has 1 N–H and O–H groups in total. The van der Waals surface area contributed by atoms with Crippen LogP contribution in [0.25, 0.3) is 0 Å². The zero-order valence-electron chi connectivity index (χ0n) is 10.1. The first kappa shape index (κ1) is 10.5. The molecule has 0 aromatic carbocycles. The molecular weight excluding hydrogens is 186 g/mol. The SMILES string of the molecule is CC(C)n1cc(NC(C)C2(C)CC2)cn1. The Morgan fingerprint density at radius 1 is 1.40 bits per heavy atom. The Balaban J connectivity index is 1.98. The van der Waals surface area contributed by atoms with Gasteiger partial charge in [0.15, 0.2) is 0 Å². The van der Waals surface area contributed by atoms with Crippen LogP contribution in [0.15, 0.2) is 12.4 Å². The Morgan fingerprint density at radius 3 is 2.53 bits per heavy atom. The molecular formula is C12H21N3. The lowest BCUT2D eigenvalue weighted by Crippen LogP contribution is -2.24. The number of hydrogen-bond donors (Lipinski definition) is 1. The summed E-state index contributed by atoms with van der Waals surface area (Å²) >= 11 is 0. The number of nitrogens with one attached hydrogen (secondary N) is 1. The van der Waals surface area contributed by atoms with Gasteiger partial charge in [-0.2, -0.15) is 5.10 Å². The Morgan fingerprint density at radius 2 is 2.07 bits per heavy atom. The van der Waals surface area contributed by atoms with Gasteiger partial charge in [-0.1, -0.05) is 6.92 Å². The molecule has 1 unspecified atom stereocenters. The van der Waals surface area contributed by atoms with E-state index in [2.05, 4.69) is 44.3 Å². The van der Waals surface area contributed by atoms with Crippen molar-refractivity contribution in [3.05, 3.63) is 12.4 Å². The number of rotatable bonds is 4. The molecule has 1 fully saturated rings. The Kier molecular flexibility index (Phi) is 2.49. The lowest BCUT2D eigenvalue weighted by atomic mass is 10.0. The summed E-state index contributed by atoms with van der Waals surface area (Å²) in [5.41, 5.74) is 1.66. The Bertz CT molecular complexity index is 336. The first-order chi connectivity index (χ1) is 7.01. The smallest absolute Gasteiger partial charge is 0.0728 e. The third-order valence-corrected chi connectivity index (χ3v) is 3.60. The molecule has 1 heterocycles. The lowest BCUT2D eigenvalue weighted by molar-refractivity contribution is 0.493. The summed E-state index contributed by atoms with van der Waals surface area (Å²) in [4.78, 5) is 0. The number of anilines is 1. The summed E-state index contributed by atoms with van der Waals surface area (Å²) < 4.78 is 1.99. The predicted octanol–water partition coefficient (Wildman–Crippen LogP) is 3.06. The summed E-state index contributed by atoms with van der Waals surface area (Å²) in [7, 11) is 0. The van der Waals surface area contributed by atoms with Crippen LogP contribution in [0.5, 0.6) is 0 Å². The van der Waals surface area contributed by atoms with Crippen LogP contribution in [0.2, 0.25) is 0 Å². The zero-order chi connectivity index (χ0) is 11.1. The highest BCUT2D eigenvalue weighted by Gasteiger charge is 2.42. The Hall–Kier alpha value is -0.990. The second-order valence-corrected chi connectivity index (χ2v) is 5.32. The molecule has 1 aliphatic rings. The predicted molar refractivity (Wildman–Crippen MR) is 63.0 cm³/mol. The fourth-order valence-electron chi connectivity index (χ4n) is 1.75. The summed E-state index contributed by atoms with van der Waals surface area (Å²) in [5.74, 6) is 0.